The number of nitrogens with one attached hydrogen (secondary N) is 1. The topological polar surface area (TPSA) is 38.3 Å². The molecule has 0 unspecified atom stereocenters. The van der Waals surface area contributed by atoms with Gasteiger partial charge in [-0.1, -0.05) is 18.2 Å². The summed E-state index contributed by atoms with van der Waals surface area (Å²) in [7, 11) is 1.39. The summed E-state index contributed by atoms with van der Waals surface area (Å²) in [6.07, 6.45) is 0. The van der Waals surface area contributed by atoms with E-state index < -0.39 is 0 Å². The van der Waals surface area contributed by atoms with Gasteiger partial charge >= 0.3 is 5.97 Å². The zero-order chi connectivity index (χ0) is 11.4. The van der Waals surface area contributed by atoms with Crippen molar-refractivity contribution in [1.82, 2.24) is 0 Å². The van der Waals surface area contributed by atoms with Gasteiger partial charge in [-0.2, -0.15) is 0 Å². The average Bonchev–Trinajstić information content (AvgIpc) is 2.22. The van der Waals surface area contributed by atoms with E-state index in [1.165, 1.54) is 7.11 Å². The lowest BCUT2D eigenvalue weighted by Gasteiger charge is -2.16. The highest BCUT2D eigenvalue weighted by atomic mass is 16.5. The van der Waals surface area contributed by atoms with Crippen LogP contribution in [0.4, 0.5) is 5.69 Å². The first kappa shape index (κ1) is 11.6. The van der Waals surface area contributed by atoms with Crippen LogP contribution in [0.25, 0.3) is 0 Å². The summed E-state index contributed by atoms with van der Waals surface area (Å²) in [6.45, 7) is 5.82. The first-order chi connectivity index (χ1) is 7.06. The van der Waals surface area contributed by atoms with Crippen molar-refractivity contribution in [3.63, 3.8) is 0 Å². The van der Waals surface area contributed by atoms with Gasteiger partial charge in [0.15, 0.2) is 0 Å². The van der Waals surface area contributed by atoms with Gasteiger partial charge in [-0.15, -0.1) is 0 Å². The number of rotatable bonds is 3. The number of hydrogen-bond acceptors (Lipinski definition) is 3. The van der Waals surface area contributed by atoms with Gasteiger partial charge in [-0.05, 0) is 31.9 Å². The number of carbonyl (C=O) groups is 1. The largest absolute Gasteiger partial charge is 0.467 e. The van der Waals surface area contributed by atoms with Crippen LogP contribution in [0.1, 0.15) is 18.1 Å². The molecular weight excluding hydrogens is 190 g/mol. The second-order valence-electron chi connectivity index (χ2n) is 3.66. The Hall–Kier alpha value is -1.51. The quantitative estimate of drug-likeness (QED) is 0.773. The smallest absolute Gasteiger partial charge is 0.327 e. The van der Waals surface area contributed by atoms with Gasteiger partial charge in [0.1, 0.15) is 6.04 Å². The molecule has 0 fully saturated rings. The van der Waals surface area contributed by atoms with E-state index in [0.717, 1.165) is 16.8 Å². The molecule has 0 spiro atoms. The summed E-state index contributed by atoms with van der Waals surface area (Å²) in [5.74, 6) is -0.252. The molecule has 0 radical (unpaired) electrons. The molecule has 0 aromatic heterocycles. The van der Waals surface area contributed by atoms with Crippen LogP contribution in [-0.4, -0.2) is 19.1 Å². The molecule has 0 aliphatic heterocycles. The van der Waals surface area contributed by atoms with E-state index in [-0.39, 0.29) is 12.0 Å². The van der Waals surface area contributed by atoms with Gasteiger partial charge < -0.3 is 10.1 Å². The third kappa shape index (κ3) is 2.72. The molecule has 1 rings (SSSR count). The zero-order valence-electron chi connectivity index (χ0n) is 9.63. The molecule has 0 heterocycles. The van der Waals surface area contributed by atoms with Crippen LogP contribution < -0.4 is 5.32 Å². The van der Waals surface area contributed by atoms with Crippen LogP contribution in [0.3, 0.4) is 0 Å². The van der Waals surface area contributed by atoms with Gasteiger partial charge in [-0.3, -0.25) is 0 Å². The van der Waals surface area contributed by atoms with Crippen LogP contribution in [0, 0.1) is 13.8 Å². The van der Waals surface area contributed by atoms with Crippen molar-refractivity contribution in [3.05, 3.63) is 29.3 Å². The SMILES string of the molecule is COC(=O)[C@@H](C)Nc1c(C)cccc1C. The number of aryl methyl sites for hydroxylation is 2. The maximum atomic E-state index is 11.3. The summed E-state index contributed by atoms with van der Waals surface area (Å²) in [5.41, 5.74) is 3.27. The molecule has 0 saturated heterocycles. The molecule has 0 saturated carbocycles. The molecule has 82 valence electrons. The molecule has 0 aliphatic rings. The van der Waals surface area contributed by atoms with E-state index in [1.54, 1.807) is 6.92 Å². The molecule has 1 aromatic rings. The molecule has 0 aliphatic carbocycles. The lowest BCUT2D eigenvalue weighted by molar-refractivity contribution is -0.141. The van der Waals surface area contributed by atoms with Crippen LogP contribution in [0.2, 0.25) is 0 Å². The molecule has 1 aromatic carbocycles. The van der Waals surface area contributed by atoms with E-state index in [1.807, 2.05) is 32.0 Å². The van der Waals surface area contributed by atoms with E-state index >= 15 is 0 Å². The molecule has 3 nitrogen and oxygen atoms in total. The number of esters is 1. The predicted octanol–water partition coefficient (Wildman–Crippen LogP) is 2.28. The minimum Gasteiger partial charge on any atom is -0.467 e. The number of para-hydroxylation sites is 1. The van der Waals surface area contributed by atoms with E-state index in [0.29, 0.717) is 0 Å². The Morgan fingerprint density at radius 1 is 1.33 bits per heavy atom. The molecule has 3 heteroatoms. The van der Waals surface area contributed by atoms with Crippen LogP contribution in [0.5, 0.6) is 0 Å². The standard InChI is InChI=1S/C12H17NO2/c1-8-6-5-7-9(2)11(8)13-10(3)12(14)15-4/h5-7,10,13H,1-4H3/t10-/m1/s1. The molecule has 1 N–H and O–H groups in total. The van der Waals surface area contributed by atoms with E-state index in [4.69, 9.17) is 0 Å². The molecule has 0 bridgehead atoms. The Morgan fingerprint density at radius 2 is 1.87 bits per heavy atom. The van der Waals surface area contributed by atoms with Crippen molar-refractivity contribution < 1.29 is 9.53 Å². The number of methoxy groups -OCH3 is 1. The van der Waals surface area contributed by atoms with Gasteiger partial charge in [0.2, 0.25) is 0 Å². The second kappa shape index (κ2) is 4.82. The summed E-state index contributed by atoms with van der Waals surface area (Å²) in [4.78, 5) is 11.3. The Bertz CT molecular complexity index is 340. The predicted molar refractivity (Wildman–Crippen MR) is 61.0 cm³/mol. The highest BCUT2D eigenvalue weighted by Crippen LogP contribution is 2.20. The van der Waals surface area contributed by atoms with Crippen molar-refractivity contribution in [2.45, 2.75) is 26.8 Å². The van der Waals surface area contributed by atoms with Gasteiger partial charge in [-0.25, -0.2) is 4.79 Å². The summed E-state index contributed by atoms with van der Waals surface area (Å²) in [6, 6.07) is 5.70. The number of carbonyl (C=O) groups excluding carboxylic acids is 1. The fourth-order valence-electron chi connectivity index (χ4n) is 1.49. The molecule has 15 heavy (non-hydrogen) atoms. The van der Waals surface area contributed by atoms with Crippen LogP contribution in [0.15, 0.2) is 18.2 Å². The van der Waals surface area contributed by atoms with Crippen LogP contribution >= 0.6 is 0 Å². The van der Waals surface area contributed by atoms with Crippen molar-refractivity contribution in [2.75, 3.05) is 12.4 Å². The molecular formula is C12H17NO2. The first-order valence-electron chi connectivity index (χ1n) is 4.97. The summed E-state index contributed by atoms with van der Waals surface area (Å²) >= 11 is 0. The minimum absolute atomic E-state index is 0.252. The van der Waals surface area contributed by atoms with E-state index in [2.05, 4.69) is 10.1 Å². The third-order valence-electron chi connectivity index (χ3n) is 2.40. The maximum Gasteiger partial charge on any atom is 0.327 e. The average molecular weight is 207 g/mol. The highest BCUT2D eigenvalue weighted by Gasteiger charge is 2.14. The normalized spacial score (nSPS) is 12.0. The minimum atomic E-state index is -0.324. The van der Waals surface area contributed by atoms with Crippen molar-refractivity contribution in [2.24, 2.45) is 0 Å². The Kier molecular flexibility index (Phi) is 3.72. The zero-order valence-corrected chi connectivity index (χ0v) is 9.63. The van der Waals surface area contributed by atoms with Gasteiger partial charge in [0.25, 0.3) is 0 Å². The highest BCUT2D eigenvalue weighted by molar-refractivity contribution is 5.79. The second-order valence-corrected chi connectivity index (χ2v) is 3.66. The Morgan fingerprint density at radius 3 is 2.33 bits per heavy atom. The number of ether oxygens (including phenoxy) is 1. The molecule has 0 amide bonds. The van der Waals surface area contributed by atoms with Crippen LogP contribution in [-0.2, 0) is 9.53 Å². The van der Waals surface area contributed by atoms with Crippen molar-refractivity contribution >= 4 is 11.7 Å². The number of hydrogen-bond donors (Lipinski definition) is 1. The van der Waals surface area contributed by atoms with E-state index in [9.17, 15) is 4.79 Å². The fourth-order valence-corrected chi connectivity index (χ4v) is 1.49. The first-order valence-corrected chi connectivity index (χ1v) is 4.97. The summed E-state index contributed by atoms with van der Waals surface area (Å²) in [5, 5.41) is 3.15. The maximum absolute atomic E-state index is 11.3. The van der Waals surface area contributed by atoms with Crippen molar-refractivity contribution in [3.8, 4) is 0 Å². The number of benzene rings is 1. The van der Waals surface area contributed by atoms with Crippen molar-refractivity contribution in [1.29, 1.82) is 0 Å². The lowest BCUT2D eigenvalue weighted by atomic mass is 10.1. The molecule has 1 atom stereocenters. The monoisotopic (exact) mass is 207 g/mol. The third-order valence-corrected chi connectivity index (χ3v) is 2.40. The Balaban J connectivity index is 2.85. The fraction of sp³-hybridized carbons (Fsp3) is 0.417. The van der Waals surface area contributed by atoms with Gasteiger partial charge in [0.05, 0.1) is 7.11 Å². The summed E-state index contributed by atoms with van der Waals surface area (Å²) < 4.78 is 4.66. The van der Waals surface area contributed by atoms with Gasteiger partial charge in [0, 0.05) is 5.69 Å². The Labute approximate surface area is 90.4 Å². The lowest BCUT2D eigenvalue weighted by Crippen LogP contribution is -2.27. The number of anilines is 1.